The van der Waals surface area contributed by atoms with E-state index in [1.165, 1.54) is 6.92 Å². The fourth-order valence-corrected chi connectivity index (χ4v) is 2.49. The van der Waals surface area contributed by atoms with Crippen molar-refractivity contribution in [3.8, 4) is 0 Å². The highest BCUT2D eigenvalue weighted by molar-refractivity contribution is 7.85. The summed E-state index contributed by atoms with van der Waals surface area (Å²) in [5, 5.41) is 8.64. The number of nitrogens with zero attached hydrogens (tertiary/aromatic N) is 1. The molecule has 0 fully saturated rings. The largest absolute Gasteiger partial charge is 0.481 e. The van der Waals surface area contributed by atoms with Gasteiger partial charge in [-0.2, -0.15) is 0 Å². The highest BCUT2D eigenvalue weighted by atomic mass is 32.2. The Morgan fingerprint density at radius 1 is 1.31 bits per heavy atom. The van der Waals surface area contributed by atoms with E-state index in [4.69, 9.17) is 5.11 Å². The maximum atomic E-state index is 11.6. The molecule has 1 amide bonds. The minimum Gasteiger partial charge on any atom is -0.481 e. The van der Waals surface area contributed by atoms with Crippen LogP contribution in [0.2, 0.25) is 0 Å². The second-order valence-electron chi connectivity index (χ2n) is 3.56. The number of carbonyl (C=O) groups excluding carboxylic acids is 1. The van der Waals surface area contributed by atoms with Gasteiger partial charge in [0.1, 0.15) is 5.75 Å². The number of carbonyl (C=O) groups is 2. The first-order valence-corrected chi connectivity index (χ1v) is 6.76. The maximum absolute atomic E-state index is 11.6. The van der Waals surface area contributed by atoms with Crippen molar-refractivity contribution in [1.29, 1.82) is 0 Å². The third kappa shape index (κ3) is 5.25. The monoisotopic (exact) mass is 249 g/mol. The molecule has 6 heteroatoms. The van der Waals surface area contributed by atoms with Crippen molar-refractivity contribution >= 4 is 22.7 Å². The number of rotatable bonds is 7. The zero-order chi connectivity index (χ0) is 12.7. The standard InChI is InChI=1S/C10H19NO4S/c1-4-11(5-2)9(12)7-16(15)6-8(3)10(13)14/h8H,4-7H2,1-3H3,(H,13,14). The van der Waals surface area contributed by atoms with Crippen LogP contribution in [-0.2, 0) is 20.4 Å². The second-order valence-corrected chi connectivity index (χ2v) is 5.06. The zero-order valence-electron chi connectivity index (χ0n) is 9.93. The maximum Gasteiger partial charge on any atom is 0.307 e. The average molecular weight is 249 g/mol. The van der Waals surface area contributed by atoms with E-state index in [1.54, 1.807) is 4.90 Å². The van der Waals surface area contributed by atoms with E-state index < -0.39 is 22.7 Å². The van der Waals surface area contributed by atoms with Crippen molar-refractivity contribution < 1.29 is 18.9 Å². The topological polar surface area (TPSA) is 74.7 Å². The molecule has 0 aliphatic heterocycles. The minimum absolute atomic E-state index is 0.0301. The third-order valence-electron chi connectivity index (χ3n) is 2.26. The predicted octanol–water partition coefficient (Wildman–Crippen LogP) is 0.324. The van der Waals surface area contributed by atoms with Gasteiger partial charge in [-0.3, -0.25) is 13.8 Å². The summed E-state index contributed by atoms with van der Waals surface area (Å²) in [5.74, 6) is -1.89. The number of carboxylic acids is 1. The van der Waals surface area contributed by atoms with Crippen molar-refractivity contribution in [2.24, 2.45) is 5.92 Å². The van der Waals surface area contributed by atoms with Crippen LogP contribution in [0.25, 0.3) is 0 Å². The Balaban J connectivity index is 4.14. The first kappa shape index (κ1) is 15.1. The molecule has 5 nitrogen and oxygen atoms in total. The van der Waals surface area contributed by atoms with Crippen LogP contribution in [0.3, 0.4) is 0 Å². The molecule has 0 heterocycles. The molecule has 0 saturated heterocycles. The lowest BCUT2D eigenvalue weighted by molar-refractivity contribution is -0.140. The Hall–Kier alpha value is -0.910. The molecule has 0 radical (unpaired) electrons. The number of amides is 1. The van der Waals surface area contributed by atoms with Gasteiger partial charge in [0.05, 0.1) is 5.92 Å². The van der Waals surface area contributed by atoms with E-state index in [1.807, 2.05) is 13.8 Å². The Bertz CT molecular complexity index is 276. The quantitative estimate of drug-likeness (QED) is 0.705. The van der Waals surface area contributed by atoms with E-state index in [2.05, 4.69) is 0 Å². The molecule has 0 aromatic rings. The van der Waals surface area contributed by atoms with Crippen LogP contribution in [-0.4, -0.2) is 50.7 Å². The molecule has 16 heavy (non-hydrogen) atoms. The molecule has 0 aromatic carbocycles. The van der Waals surface area contributed by atoms with Gasteiger partial charge in [-0.1, -0.05) is 6.92 Å². The first-order valence-electron chi connectivity index (χ1n) is 5.27. The van der Waals surface area contributed by atoms with E-state index in [-0.39, 0.29) is 17.4 Å². The molecule has 94 valence electrons. The highest BCUT2D eigenvalue weighted by Crippen LogP contribution is 2.00. The van der Waals surface area contributed by atoms with Crippen LogP contribution in [0.1, 0.15) is 20.8 Å². The fourth-order valence-electron chi connectivity index (χ4n) is 1.21. The van der Waals surface area contributed by atoms with Gasteiger partial charge in [0.15, 0.2) is 0 Å². The van der Waals surface area contributed by atoms with E-state index >= 15 is 0 Å². The van der Waals surface area contributed by atoms with E-state index in [0.717, 1.165) is 0 Å². The van der Waals surface area contributed by atoms with Gasteiger partial charge < -0.3 is 10.0 Å². The normalized spacial score (nSPS) is 14.2. The highest BCUT2D eigenvalue weighted by Gasteiger charge is 2.18. The van der Waals surface area contributed by atoms with Crippen LogP contribution >= 0.6 is 0 Å². The van der Waals surface area contributed by atoms with E-state index in [9.17, 15) is 13.8 Å². The summed E-state index contributed by atoms with van der Waals surface area (Å²) in [6.45, 7) is 6.36. The lowest BCUT2D eigenvalue weighted by Gasteiger charge is -2.18. The Morgan fingerprint density at radius 2 is 1.81 bits per heavy atom. The second kappa shape index (κ2) is 7.38. The SMILES string of the molecule is CCN(CC)C(=O)CS(=O)CC(C)C(=O)O. The molecule has 2 atom stereocenters. The van der Waals surface area contributed by atoms with Crippen LogP contribution < -0.4 is 0 Å². The number of carboxylic acid groups (broad SMARTS) is 1. The molecule has 0 rings (SSSR count). The third-order valence-corrected chi connectivity index (χ3v) is 3.70. The van der Waals surface area contributed by atoms with Crippen LogP contribution in [0.15, 0.2) is 0 Å². The van der Waals surface area contributed by atoms with Crippen molar-refractivity contribution in [2.45, 2.75) is 20.8 Å². The Labute approximate surface area is 98.3 Å². The van der Waals surface area contributed by atoms with Crippen LogP contribution in [0.4, 0.5) is 0 Å². The number of aliphatic carboxylic acids is 1. The molecule has 0 aliphatic rings. The van der Waals surface area contributed by atoms with Crippen LogP contribution in [0.5, 0.6) is 0 Å². The summed E-state index contributed by atoms with van der Waals surface area (Å²) in [5.41, 5.74) is 0. The summed E-state index contributed by atoms with van der Waals surface area (Å²) in [6.07, 6.45) is 0. The summed E-state index contributed by atoms with van der Waals surface area (Å²) in [6, 6.07) is 0. The van der Waals surface area contributed by atoms with Crippen molar-refractivity contribution in [3.05, 3.63) is 0 Å². The van der Waals surface area contributed by atoms with Crippen molar-refractivity contribution in [3.63, 3.8) is 0 Å². The van der Waals surface area contributed by atoms with Crippen molar-refractivity contribution in [2.75, 3.05) is 24.6 Å². The fraction of sp³-hybridized carbons (Fsp3) is 0.800. The van der Waals surface area contributed by atoms with Crippen molar-refractivity contribution in [1.82, 2.24) is 4.90 Å². The van der Waals surface area contributed by atoms with Gasteiger partial charge >= 0.3 is 5.97 Å². The van der Waals surface area contributed by atoms with Crippen LogP contribution in [0, 0.1) is 5.92 Å². The molecule has 0 bridgehead atoms. The molecular weight excluding hydrogens is 230 g/mol. The predicted molar refractivity (Wildman–Crippen MR) is 62.6 cm³/mol. The number of hydrogen-bond donors (Lipinski definition) is 1. The summed E-state index contributed by atoms with van der Waals surface area (Å²) < 4.78 is 11.5. The van der Waals surface area contributed by atoms with Gasteiger partial charge in [-0.15, -0.1) is 0 Å². The summed E-state index contributed by atoms with van der Waals surface area (Å²) >= 11 is 0. The molecule has 1 N–H and O–H groups in total. The average Bonchev–Trinajstić information content (AvgIpc) is 2.18. The van der Waals surface area contributed by atoms with Gasteiger partial charge in [-0.05, 0) is 13.8 Å². The van der Waals surface area contributed by atoms with Gasteiger partial charge in [0.2, 0.25) is 5.91 Å². The van der Waals surface area contributed by atoms with E-state index in [0.29, 0.717) is 13.1 Å². The zero-order valence-corrected chi connectivity index (χ0v) is 10.7. The number of hydrogen-bond acceptors (Lipinski definition) is 3. The molecule has 0 aromatic heterocycles. The molecule has 0 spiro atoms. The summed E-state index contributed by atoms with van der Waals surface area (Å²) in [7, 11) is -1.40. The minimum atomic E-state index is -1.40. The lowest BCUT2D eigenvalue weighted by Crippen LogP contribution is -2.35. The van der Waals surface area contributed by atoms with Gasteiger partial charge in [0.25, 0.3) is 0 Å². The van der Waals surface area contributed by atoms with Gasteiger partial charge in [-0.25, -0.2) is 0 Å². The van der Waals surface area contributed by atoms with Gasteiger partial charge in [0, 0.05) is 29.6 Å². The molecular formula is C10H19NO4S. The molecule has 0 aliphatic carbocycles. The molecule has 2 unspecified atom stereocenters. The Kier molecular flexibility index (Phi) is 6.96. The molecule has 0 saturated carbocycles. The lowest BCUT2D eigenvalue weighted by atomic mass is 10.2. The summed E-state index contributed by atoms with van der Waals surface area (Å²) in [4.78, 5) is 23.7. The smallest absolute Gasteiger partial charge is 0.307 e. The first-order chi connectivity index (χ1) is 7.42. The Morgan fingerprint density at radius 3 is 2.19 bits per heavy atom.